The molecule has 1 aromatic carbocycles. The van der Waals surface area contributed by atoms with Crippen LogP contribution in [-0.2, 0) is 31.4 Å². The fraction of sp³-hybridized carbons (Fsp3) is 0.407. The molecule has 1 aliphatic rings. The van der Waals surface area contributed by atoms with Crippen molar-refractivity contribution in [2.75, 3.05) is 23.9 Å². The van der Waals surface area contributed by atoms with Gasteiger partial charge < -0.3 is 15.7 Å². The molecule has 8 nitrogen and oxygen atoms in total. The van der Waals surface area contributed by atoms with Crippen molar-refractivity contribution in [1.82, 2.24) is 15.0 Å². The van der Waals surface area contributed by atoms with Crippen molar-refractivity contribution < 1.29 is 49.4 Å². The molecule has 2 aromatic heterocycles. The topological polar surface area (TPSA) is 108 Å². The lowest BCUT2D eigenvalue weighted by Crippen LogP contribution is -2.64. The number of carbonyl (C=O) groups is 1. The van der Waals surface area contributed by atoms with Gasteiger partial charge in [0.1, 0.15) is 17.2 Å². The molecule has 0 radical (unpaired) electrons. The van der Waals surface area contributed by atoms with Crippen LogP contribution in [0.5, 0.6) is 0 Å². The predicted molar refractivity (Wildman–Crippen MR) is 139 cm³/mol. The average Bonchev–Trinajstić information content (AvgIpc) is 2.90. The molecule has 1 aliphatic heterocycles. The van der Waals surface area contributed by atoms with Crippen LogP contribution in [0.2, 0.25) is 0 Å². The predicted octanol–water partition coefficient (Wildman–Crippen LogP) is 6.47. The largest absolute Gasteiger partial charge is 0.465 e. The van der Waals surface area contributed by atoms with Crippen LogP contribution in [0.1, 0.15) is 58.9 Å². The summed E-state index contributed by atoms with van der Waals surface area (Å²) in [5.74, 6) is -1.40. The molecule has 44 heavy (non-hydrogen) atoms. The molecule has 3 N–H and O–H groups in total. The number of hydrogen-bond donors (Lipinski definition) is 2. The Hall–Kier alpha value is -4.15. The molecule has 2 atom stereocenters. The fourth-order valence-electron chi connectivity index (χ4n) is 5.17. The number of rotatable bonds is 5. The van der Waals surface area contributed by atoms with E-state index in [4.69, 9.17) is 5.73 Å². The van der Waals surface area contributed by atoms with E-state index in [0.29, 0.717) is 23.1 Å². The Bertz CT molecular complexity index is 1540. The number of halogens is 9. The molecule has 2 unspecified atom stereocenters. The third kappa shape index (κ3) is 6.23. The highest BCUT2D eigenvalue weighted by Crippen LogP contribution is 2.45. The van der Waals surface area contributed by atoms with Gasteiger partial charge in [-0.25, -0.2) is 19.7 Å². The second-order valence-electron chi connectivity index (χ2n) is 10.4. The van der Waals surface area contributed by atoms with Gasteiger partial charge in [-0.3, -0.25) is 4.90 Å². The van der Waals surface area contributed by atoms with Crippen LogP contribution in [0.15, 0.2) is 36.5 Å². The number of carboxylic acid groups (broad SMARTS) is 1. The average molecular weight is 637 g/mol. The molecule has 238 valence electrons. The molecular weight excluding hydrogens is 611 g/mol. The number of anilines is 2. The van der Waals surface area contributed by atoms with Gasteiger partial charge >= 0.3 is 24.6 Å². The molecule has 0 fully saturated rings. The van der Waals surface area contributed by atoms with Gasteiger partial charge in [-0.1, -0.05) is 6.92 Å². The van der Waals surface area contributed by atoms with Crippen molar-refractivity contribution in [3.8, 4) is 0 Å². The molecule has 17 heteroatoms. The van der Waals surface area contributed by atoms with E-state index in [1.54, 1.807) is 0 Å². The van der Waals surface area contributed by atoms with Crippen molar-refractivity contribution in [3.05, 3.63) is 76.1 Å². The first-order chi connectivity index (χ1) is 20.2. The summed E-state index contributed by atoms with van der Waals surface area (Å²) in [4.78, 5) is 26.8. The minimum atomic E-state index is -5.09. The lowest BCUT2D eigenvalue weighted by molar-refractivity contribution is -0.143. The van der Waals surface area contributed by atoms with Gasteiger partial charge in [-0.2, -0.15) is 39.5 Å². The van der Waals surface area contributed by atoms with Crippen molar-refractivity contribution in [3.63, 3.8) is 0 Å². The van der Waals surface area contributed by atoms with E-state index in [9.17, 15) is 49.4 Å². The molecule has 3 heterocycles. The number of benzene rings is 1. The van der Waals surface area contributed by atoms with Gasteiger partial charge in [0.25, 0.3) is 0 Å². The molecule has 0 bridgehead atoms. The maximum Gasteiger partial charge on any atom is 0.433 e. The summed E-state index contributed by atoms with van der Waals surface area (Å²) in [6.07, 6.45) is -16.4. The number of aromatic nitrogens is 3. The normalized spacial score (nSPS) is 19.1. The van der Waals surface area contributed by atoms with Crippen molar-refractivity contribution in [1.29, 1.82) is 0 Å². The summed E-state index contributed by atoms with van der Waals surface area (Å²) in [6.45, 7) is 1.53. The summed E-state index contributed by atoms with van der Waals surface area (Å²) in [5, 5.41) is 10.1. The number of alkyl halides is 9. The Morgan fingerprint density at radius 2 is 1.59 bits per heavy atom. The summed E-state index contributed by atoms with van der Waals surface area (Å²) >= 11 is 0. The number of nitrogens with two attached hydrogens (primary N) is 1. The number of nitrogens with zero attached hydrogens (tertiary/aromatic N) is 5. The summed E-state index contributed by atoms with van der Waals surface area (Å²) in [5.41, 5.74) is -0.197. The first-order valence-electron chi connectivity index (χ1n) is 12.9. The first-order valence-corrected chi connectivity index (χ1v) is 12.9. The van der Waals surface area contributed by atoms with E-state index >= 15 is 0 Å². The molecule has 1 amide bonds. The molecule has 0 saturated carbocycles. The minimum Gasteiger partial charge on any atom is -0.465 e. The van der Waals surface area contributed by atoms with Crippen molar-refractivity contribution >= 4 is 17.5 Å². The van der Waals surface area contributed by atoms with E-state index in [2.05, 4.69) is 15.0 Å². The zero-order valence-electron chi connectivity index (χ0n) is 23.2. The maximum absolute atomic E-state index is 13.5. The van der Waals surface area contributed by atoms with Crippen LogP contribution in [0.3, 0.4) is 0 Å². The molecule has 0 spiro atoms. The third-order valence-electron chi connectivity index (χ3n) is 7.33. The van der Waals surface area contributed by atoms with E-state index in [-0.39, 0.29) is 53.1 Å². The Balaban J connectivity index is 1.88. The number of fused-ring (bicyclic) bond motifs is 1. The third-order valence-corrected chi connectivity index (χ3v) is 7.33. The molecule has 3 aromatic rings. The highest BCUT2D eigenvalue weighted by Gasteiger charge is 2.50. The fourth-order valence-corrected chi connectivity index (χ4v) is 5.17. The van der Waals surface area contributed by atoms with Crippen LogP contribution >= 0.6 is 0 Å². The number of hydrogen-bond acceptors (Lipinski definition) is 6. The lowest BCUT2D eigenvalue weighted by Gasteiger charge is -2.47. The minimum absolute atomic E-state index is 0.00600. The Morgan fingerprint density at radius 3 is 2.07 bits per heavy atom. The zero-order valence-corrected chi connectivity index (χ0v) is 23.2. The van der Waals surface area contributed by atoms with Crippen LogP contribution in [0.25, 0.3) is 0 Å². The van der Waals surface area contributed by atoms with Gasteiger partial charge in [0.05, 0.1) is 46.0 Å². The Morgan fingerprint density at radius 1 is 1.00 bits per heavy atom. The second-order valence-corrected chi connectivity index (χ2v) is 10.4. The van der Waals surface area contributed by atoms with Gasteiger partial charge in [0, 0.05) is 26.9 Å². The summed E-state index contributed by atoms with van der Waals surface area (Å²) in [6, 6.07) is 2.67. The highest BCUT2D eigenvalue weighted by atomic mass is 19.4. The van der Waals surface area contributed by atoms with Gasteiger partial charge in [0.2, 0.25) is 0 Å². The summed E-state index contributed by atoms with van der Waals surface area (Å²) in [7, 11) is 3.06. The molecular formula is C27H25F9N6O2. The molecule has 4 rings (SSSR count). The van der Waals surface area contributed by atoms with Crippen LogP contribution in [0, 0.1) is 0 Å². The zero-order chi connectivity index (χ0) is 33.0. The SMILES string of the molecule is CCC1(N)C(c2ncc(N(C)C)c(Cc3cc(C(F)(F)F)cc(C(F)(F)F)c3)n2)Cc2nc(C(F)(F)F)ccc2N1C(=O)O. The van der Waals surface area contributed by atoms with Gasteiger partial charge in [-0.15, -0.1) is 0 Å². The smallest absolute Gasteiger partial charge is 0.433 e. The van der Waals surface area contributed by atoms with Crippen LogP contribution in [0.4, 0.5) is 55.7 Å². The van der Waals surface area contributed by atoms with Crippen molar-refractivity contribution in [2.45, 2.75) is 56.3 Å². The summed E-state index contributed by atoms with van der Waals surface area (Å²) < 4.78 is 121. The number of pyridine rings is 1. The second kappa shape index (κ2) is 11.1. The standard InChI is InChI=1S/C27H25F9N6O2/c1-4-24(37)16(11-18-19(42(24)23(43)44)5-6-21(39-18)27(34,35)36)22-38-12-20(41(2)3)17(40-22)9-13-7-14(25(28,29)30)10-15(8-13)26(31,32)33/h5-8,10,12,16H,4,9,11,37H2,1-3H3,(H,43,44). The van der Waals surface area contributed by atoms with Gasteiger partial charge in [0.15, 0.2) is 0 Å². The first kappa shape index (κ1) is 32.8. The van der Waals surface area contributed by atoms with E-state index in [1.807, 2.05) is 0 Å². The van der Waals surface area contributed by atoms with Crippen LogP contribution < -0.4 is 15.5 Å². The van der Waals surface area contributed by atoms with E-state index in [1.165, 1.54) is 32.1 Å². The molecule has 0 saturated heterocycles. The number of amides is 1. The Kier molecular flexibility index (Phi) is 8.25. The maximum atomic E-state index is 13.5. The monoisotopic (exact) mass is 636 g/mol. The lowest BCUT2D eigenvalue weighted by atomic mass is 9.80. The van der Waals surface area contributed by atoms with E-state index < -0.39 is 59.4 Å². The quantitative estimate of drug-likeness (QED) is 0.309. The Labute approximate surface area is 244 Å². The van der Waals surface area contributed by atoms with Crippen LogP contribution in [-0.4, -0.2) is 45.9 Å². The van der Waals surface area contributed by atoms with Crippen molar-refractivity contribution in [2.24, 2.45) is 5.73 Å². The molecule has 0 aliphatic carbocycles. The van der Waals surface area contributed by atoms with Gasteiger partial charge in [-0.05, 0) is 42.3 Å². The highest BCUT2D eigenvalue weighted by molar-refractivity contribution is 5.89. The van der Waals surface area contributed by atoms with E-state index in [0.717, 1.165) is 6.07 Å².